The number of pyridine rings is 1. The average Bonchev–Trinajstić information content (AvgIpc) is 2.43. The molecular formula is C13H11BrN2O3. The summed E-state index contributed by atoms with van der Waals surface area (Å²) < 4.78 is 5.33. The maximum absolute atomic E-state index is 12.0. The average molecular weight is 323 g/mol. The van der Waals surface area contributed by atoms with Gasteiger partial charge in [0.25, 0.3) is 5.91 Å². The summed E-state index contributed by atoms with van der Waals surface area (Å²) in [5.41, 5.74) is 1.18. The minimum Gasteiger partial charge on any atom is -0.468 e. The van der Waals surface area contributed by atoms with E-state index in [2.05, 4.69) is 31.0 Å². The second kappa shape index (κ2) is 5.79. The summed E-state index contributed by atoms with van der Waals surface area (Å²) in [5.74, 6) is -0.830. The molecule has 1 amide bonds. The van der Waals surface area contributed by atoms with Crippen LogP contribution in [0.2, 0.25) is 0 Å². The van der Waals surface area contributed by atoms with E-state index >= 15 is 0 Å². The summed E-state index contributed by atoms with van der Waals surface area (Å²) in [7, 11) is 1.27. The number of methoxy groups -OCH3 is 1. The molecule has 0 atom stereocenters. The van der Waals surface area contributed by atoms with Crippen LogP contribution in [-0.2, 0) is 9.53 Å². The summed E-state index contributed by atoms with van der Waals surface area (Å²) in [6.45, 7) is -0.160. The monoisotopic (exact) mass is 322 g/mol. The lowest BCUT2D eigenvalue weighted by Gasteiger charge is -2.07. The lowest BCUT2D eigenvalue weighted by Crippen LogP contribution is -2.30. The second-order valence-corrected chi connectivity index (χ2v) is 4.69. The number of carbonyl (C=O) groups excluding carboxylic acids is 2. The predicted octanol–water partition coefficient (Wildman–Crippen LogP) is 1.90. The molecule has 0 bridgehead atoms. The van der Waals surface area contributed by atoms with Crippen molar-refractivity contribution in [2.45, 2.75) is 0 Å². The molecular weight excluding hydrogens is 312 g/mol. The van der Waals surface area contributed by atoms with Gasteiger partial charge in [-0.15, -0.1) is 0 Å². The molecule has 19 heavy (non-hydrogen) atoms. The Hall–Kier alpha value is -1.95. The molecule has 0 radical (unpaired) electrons. The largest absolute Gasteiger partial charge is 0.468 e. The van der Waals surface area contributed by atoms with Crippen LogP contribution in [-0.4, -0.2) is 30.5 Å². The van der Waals surface area contributed by atoms with E-state index in [9.17, 15) is 9.59 Å². The van der Waals surface area contributed by atoms with Crippen LogP contribution in [0.25, 0.3) is 10.9 Å². The van der Waals surface area contributed by atoms with Crippen molar-refractivity contribution >= 4 is 38.7 Å². The Labute approximate surface area is 118 Å². The van der Waals surface area contributed by atoms with Crippen molar-refractivity contribution in [2.75, 3.05) is 13.7 Å². The highest BCUT2D eigenvalue weighted by Gasteiger charge is 2.12. The number of benzene rings is 1. The number of hydrogen-bond donors (Lipinski definition) is 1. The van der Waals surface area contributed by atoms with Crippen molar-refractivity contribution in [3.8, 4) is 0 Å². The number of nitrogens with zero attached hydrogens (tertiary/aromatic N) is 1. The van der Waals surface area contributed by atoms with E-state index in [0.717, 1.165) is 9.86 Å². The Kier molecular flexibility index (Phi) is 4.11. The first kappa shape index (κ1) is 13.5. The molecule has 1 aromatic carbocycles. The van der Waals surface area contributed by atoms with Gasteiger partial charge in [-0.1, -0.05) is 15.9 Å². The smallest absolute Gasteiger partial charge is 0.325 e. The first-order valence-electron chi connectivity index (χ1n) is 5.51. The van der Waals surface area contributed by atoms with Gasteiger partial charge in [0.1, 0.15) is 6.54 Å². The number of halogens is 1. The van der Waals surface area contributed by atoms with Gasteiger partial charge in [0.15, 0.2) is 0 Å². The van der Waals surface area contributed by atoms with E-state index < -0.39 is 5.97 Å². The Bertz CT molecular complexity index is 643. The number of fused-ring (bicyclic) bond motifs is 1. The molecule has 0 saturated carbocycles. The molecule has 0 aliphatic rings. The highest BCUT2D eigenvalue weighted by Crippen LogP contribution is 2.21. The molecule has 6 heteroatoms. The number of nitrogens with one attached hydrogen (secondary N) is 1. The highest BCUT2D eigenvalue weighted by molar-refractivity contribution is 9.10. The van der Waals surface area contributed by atoms with Crippen LogP contribution in [0.4, 0.5) is 0 Å². The molecule has 1 N–H and O–H groups in total. The van der Waals surface area contributed by atoms with E-state index in [0.29, 0.717) is 11.1 Å². The van der Waals surface area contributed by atoms with Gasteiger partial charge in [-0.3, -0.25) is 14.6 Å². The van der Waals surface area contributed by atoms with Crippen LogP contribution in [0.3, 0.4) is 0 Å². The van der Waals surface area contributed by atoms with Gasteiger partial charge in [-0.25, -0.2) is 0 Å². The molecule has 0 aliphatic carbocycles. The molecule has 98 valence electrons. The minimum absolute atomic E-state index is 0.160. The van der Waals surface area contributed by atoms with Crippen LogP contribution in [0.1, 0.15) is 10.4 Å². The van der Waals surface area contributed by atoms with E-state index in [1.54, 1.807) is 12.3 Å². The molecule has 1 heterocycles. The quantitative estimate of drug-likeness (QED) is 0.876. The van der Waals surface area contributed by atoms with Gasteiger partial charge in [0, 0.05) is 16.1 Å². The van der Waals surface area contributed by atoms with Gasteiger partial charge in [-0.05, 0) is 24.3 Å². The van der Waals surface area contributed by atoms with Crippen LogP contribution in [0.15, 0.2) is 34.9 Å². The van der Waals surface area contributed by atoms with E-state index in [4.69, 9.17) is 0 Å². The van der Waals surface area contributed by atoms with Crippen molar-refractivity contribution in [3.05, 3.63) is 40.5 Å². The number of carbonyl (C=O) groups is 2. The Morgan fingerprint density at radius 3 is 2.89 bits per heavy atom. The predicted molar refractivity (Wildman–Crippen MR) is 73.8 cm³/mol. The zero-order chi connectivity index (χ0) is 13.8. The molecule has 0 fully saturated rings. The summed E-state index contributed by atoms with van der Waals surface area (Å²) >= 11 is 3.36. The fourth-order valence-corrected chi connectivity index (χ4v) is 2.00. The third-order valence-electron chi connectivity index (χ3n) is 2.57. The summed E-state index contributed by atoms with van der Waals surface area (Å²) in [4.78, 5) is 27.2. The summed E-state index contributed by atoms with van der Waals surface area (Å²) in [6.07, 6.45) is 1.56. The van der Waals surface area contributed by atoms with Crippen molar-refractivity contribution in [3.63, 3.8) is 0 Å². The fourth-order valence-electron chi connectivity index (χ4n) is 1.64. The van der Waals surface area contributed by atoms with Crippen molar-refractivity contribution in [1.29, 1.82) is 0 Å². The van der Waals surface area contributed by atoms with E-state index in [-0.39, 0.29) is 12.5 Å². The second-order valence-electron chi connectivity index (χ2n) is 3.78. The molecule has 1 aromatic heterocycles. The lowest BCUT2D eigenvalue weighted by molar-refractivity contribution is -0.139. The minimum atomic E-state index is -0.493. The molecule has 0 saturated heterocycles. The Morgan fingerprint density at radius 1 is 1.37 bits per heavy atom. The number of esters is 1. The molecule has 0 aliphatic heterocycles. The van der Waals surface area contributed by atoms with E-state index in [1.807, 2.05) is 18.2 Å². The highest BCUT2D eigenvalue weighted by atomic mass is 79.9. The SMILES string of the molecule is COC(=O)CNC(=O)c1ccnc2ccc(Br)cc12. The lowest BCUT2D eigenvalue weighted by atomic mass is 10.1. The summed E-state index contributed by atoms with van der Waals surface area (Å²) in [5, 5.41) is 3.23. The number of hydrogen-bond acceptors (Lipinski definition) is 4. The van der Waals surface area contributed by atoms with Gasteiger partial charge in [-0.2, -0.15) is 0 Å². The van der Waals surface area contributed by atoms with Crippen LogP contribution in [0, 0.1) is 0 Å². The summed E-state index contributed by atoms with van der Waals surface area (Å²) in [6, 6.07) is 7.10. The number of amides is 1. The standard InChI is InChI=1S/C13H11BrN2O3/c1-19-12(17)7-16-13(18)9-4-5-15-11-3-2-8(14)6-10(9)11/h2-6H,7H2,1H3,(H,16,18). The molecule has 2 rings (SSSR count). The van der Waals surface area contributed by atoms with E-state index in [1.165, 1.54) is 7.11 Å². The topological polar surface area (TPSA) is 68.3 Å². The first-order chi connectivity index (χ1) is 9.11. The maximum Gasteiger partial charge on any atom is 0.325 e. The van der Waals surface area contributed by atoms with Crippen molar-refractivity contribution in [1.82, 2.24) is 10.3 Å². The Balaban J connectivity index is 2.31. The van der Waals surface area contributed by atoms with Gasteiger partial charge in [0.2, 0.25) is 0 Å². The van der Waals surface area contributed by atoms with Gasteiger partial charge < -0.3 is 10.1 Å². The normalized spacial score (nSPS) is 10.2. The third-order valence-corrected chi connectivity index (χ3v) is 3.06. The molecule has 0 spiro atoms. The Morgan fingerprint density at radius 2 is 2.16 bits per heavy atom. The maximum atomic E-state index is 12.0. The van der Waals surface area contributed by atoms with Crippen molar-refractivity contribution < 1.29 is 14.3 Å². The number of ether oxygens (including phenoxy) is 1. The third kappa shape index (κ3) is 3.08. The number of rotatable bonds is 3. The number of aromatic nitrogens is 1. The molecule has 2 aromatic rings. The van der Waals surface area contributed by atoms with Crippen molar-refractivity contribution in [2.24, 2.45) is 0 Å². The zero-order valence-electron chi connectivity index (χ0n) is 10.1. The fraction of sp³-hybridized carbons (Fsp3) is 0.154. The molecule has 0 unspecified atom stereocenters. The van der Waals surface area contributed by atoms with Gasteiger partial charge >= 0.3 is 5.97 Å². The van der Waals surface area contributed by atoms with Crippen LogP contribution >= 0.6 is 15.9 Å². The van der Waals surface area contributed by atoms with Gasteiger partial charge in [0.05, 0.1) is 18.2 Å². The zero-order valence-corrected chi connectivity index (χ0v) is 11.7. The first-order valence-corrected chi connectivity index (χ1v) is 6.30. The van der Waals surface area contributed by atoms with Crippen LogP contribution in [0.5, 0.6) is 0 Å². The molecule has 5 nitrogen and oxygen atoms in total. The van der Waals surface area contributed by atoms with Crippen LogP contribution < -0.4 is 5.32 Å².